The molecule has 0 aliphatic heterocycles. The number of carbonyl (C=O) groups is 2. The molecule has 0 fully saturated rings. The highest BCUT2D eigenvalue weighted by molar-refractivity contribution is 9.09. The van der Waals surface area contributed by atoms with Crippen molar-refractivity contribution in [3.8, 4) is 5.75 Å². The topological polar surface area (TPSA) is 64.6 Å². The Bertz CT molecular complexity index is 658. The average molecular weight is 392 g/mol. The van der Waals surface area contributed by atoms with Gasteiger partial charge in [-0.3, -0.25) is 4.79 Å². The van der Waals surface area contributed by atoms with Crippen LogP contribution in [0.2, 0.25) is 0 Å². The van der Waals surface area contributed by atoms with Gasteiger partial charge in [-0.25, -0.2) is 4.79 Å². The summed E-state index contributed by atoms with van der Waals surface area (Å²) >= 11 is 3.00. The maximum Gasteiger partial charge on any atom is 0.407 e. The minimum atomic E-state index is -0.617. The van der Waals surface area contributed by atoms with E-state index in [1.54, 1.807) is 0 Å². The van der Waals surface area contributed by atoms with Crippen molar-refractivity contribution in [2.24, 2.45) is 0 Å². The molecule has 0 saturated carbocycles. The van der Waals surface area contributed by atoms with E-state index in [9.17, 15) is 9.59 Å². The molecule has 0 aliphatic rings. The van der Waals surface area contributed by atoms with Gasteiger partial charge in [0.05, 0.1) is 5.33 Å². The summed E-state index contributed by atoms with van der Waals surface area (Å²) in [4.78, 5) is 22.5. The van der Waals surface area contributed by atoms with Gasteiger partial charge in [-0.15, -0.1) is 0 Å². The van der Waals surface area contributed by atoms with Gasteiger partial charge in [-0.2, -0.15) is 0 Å². The van der Waals surface area contributed by atoms with Gasteiger partial charge in [0.1, 0.15) is 12.4 Å². The van der Waals surface area contributed by atoms with Crippen LogP contribution < -0.4 is 10.1 Å². The molecule has 0 unspecified atom stereocenters. The second kappa shape index (κ2) is 9.72. The van der Waals surface area contributed by atoms with E-state index >= 15 is 0 Å². The van der Waals surface area contributed by atoms with Crippen molar-refractivity contribution < 1.29 is 19.1 Å². The Morgan fingerprint density at radius 3 is 2.33 bits per heavy atom. The minimum absolute atomic E-state index is 0.171. The Morgan fingerprint density at radius 2 is 1.67 bits per heavy atom. The summed E-state index contributed by atoms with van der Waals surface area (Å²) in [5, 5.41) is 2.76. The summed E-state index contributed by atoms with van der Waals surface area (Å²) in [5.41, 5.74) is 2.01. The monoisotopic (exact) mass is 391 g/mol. The lowest BCUT2D eigenvalue weighted by Crippen LogP contribution is -2.26. The Hall–Kier alpha value is -2.34. The molecule has 2 aromatic rings. The van der Waals surface area contributed by atoms with Crippen molar-refractivity contribution in [1.29, 1.82) is 0 Å². The van der Waals surface area contributed by atoms with Crippen LogP contribution in [-0.2, 0) is 22.7 Å². The first kappa shape index (κ1) is 18.0. The number of hydrogen-bond donors (Lipinski definition) is 1. The molecule has 1 amide bonds. The SMILES string of the molecule is O=C(CBr)COC(=O)NCc1ccc(OCc2ccccc2)cc1. The zero-order chi connectivity index (χ0) is 17.2. The standard InChI is InChI=1S/C18H18BrNO4/c19-10-16(21)13-24-18(22)20-11-14-6-8-17(9-7-14)23-12-15-4-2-1-3-5-15/h1-9H,10-13H2,(H,20,22). The highest BCUT2D eigenvalue weighted by Crippen LogP contribution is 2.14. The number of ether oxygens (including phenoxy) is 2. The van der Waals surface area contributed by atoms with Gasteiger partial charge < -0.3 is 14.8 Å². The number of hydrogen-bond acceptors (Lipinski definition) is 4. The van der Waals surface area contributed by atoms with Crippen LogP contribution in [0.15, 0.2) is 54.6 Å². The molecule has 2 rings (SSSR count). The molecule has 1 N–H and O–H groups in total. The number of nitrogens with one attached hydrogen (secondary N) is 1. The van der Waals surface area contributed by atoms with Gasteiger partial charge in [-0.05, 0) is 23.3 Å². The van der Waals surface area contributed by atoms with E-state index in [4.69, 9.17) is 9.47 Å². The van der Waals surface area contributed by atoms with Crippen LogP contribution in [0, 0.1) is 0 Å². The van der Waals surface area contributed by atoms with Crippen LogP contribution in [0.1, 0.15) is 11.1 Å². The van der Waals surface area contributed by atoms with E-state index in [2.05, 4.69) is 21.2 Å². The highest BCUT2D eigenvalue weighted by atomic mass is 79.9. The summed E-state index contributed by atoms with van der Waals surface area (Å²) in [6.07, 6.45) is -0.617. The smallest absolute Gasteiger partial charge is 0.407 e. The van der Waals surface area contributed by atoms with Crippen LogP contribution in [-0.4, -0.2) is 23.8 Å². The summed E-state index contributed by atoms with van der Waals surface area (Å²) < 4.78 is 10.5. The second-order valence-electron chi connectivity index (χ2n) is 5.02. The minimum Gasteiger partial charge on any atom is -0.489 e. The predicted molar refractivity (Wildman–Crippen MR) is 94.2 cm³/mol. The van der Waals surface area contributed by atoms with E-state index in [-0.39, 0.29) is 17.7 Å². The number of amides is 1. The lowest BCUT2D eigenvalue weighted by Gasteiger charge is -2.08. The second-order valence-corrected chi connectivity index (χ2v) is 5.58. The third kappa shape index (κ3) is 6.42. The molecule has 0 radical (unpaired) electrons. The molecule has 0 saturated heterocycles. The molecule has 0 bridgehead atoms. The Labute approximate surface area is 149 Å². The van der Waals surface area contributed by atoms with Crippen molar-refractivity contribution in [3.63, 3.8) is 0 Å². The summed E-state index contributed by atoms with van der Waals surface area (Å²) in [6.45, 7) is 0.593. The number of benzene rings is 2. The van der Waals surface area contributed by atoms with E-state index in [0.29, 0.717) is 13.2 Å². The van der Waals surface area contributed by atoms with E-state index in [1.165, 1.54) is 0 Å². The summed E-state index contributed by atoms with van der Waals surface area (Å²) in [7, 11) is 0. The van der Waals surface area contributed by atoms with Gasteiger partial charge in [0.25, 0.3) is 0 Å². The van der Waals surface area contributed by atoms with Crippen molar-refractivity contribution in [3.05, 3.63) is 65.7 Å². The Balaban J connectivity index is 1.73. The number of rotatable bonds is 8. The van der Waals surface area contributed by atoms with Gasteiger partial charge in [0.15, 0.2) is 12.4 Å². The van der Waals surface area contributed by atoms with Crippen molar-refractivity contribution in [1.82, 2.24) is 5.32 Å². The highest BCUT2D eigenvalue weighted by Gasteiger charge is 2.06. The van der Waals surface area contributed by atoms with E-state index in [1.807, 2.05) is 54.6 Å². The average Bonchev–Trinajstić information content (AvgIpc) is 2.64. The van der Waals surface area contributed by atoms with Crippen LogP contribution in [0.3, 0.4) is 0 Å². The van der Waals surface area contributed by atoms with Gasteiger partial charge in [0.2, 0.25) is 0 Å². The maximum absolute atomic E-state index is 11.4. The van der Waals surface area contributed by atoms with Crippen LogP contribution >= 0.6 is 15.9 Å². The first-order chi connectivity index (χ1) is 11.7. The van der Waals surface area contributed by atoms with E-state index < -0.39 is 6.09 Å². The van der Waals surface area contributed by atoms with Crippen molar-refractivity contribution >= 4 is 27.8 Å². The van der Waals surface area contributed by atoms with Gasteiger partial charge in [-0.1, -0.05) is 58.4 Å². The number of halogens is 1. The molecule has 24 heavy (non-hydrogen) atoms. The third-order valence-corrected chi connectivity index (χ3v) is 3.75. The molecule has 0 heterocycles. The van der Waals surface area contributed by atoms with Crippen molar-refractivity contribution in [2.75, 3.05) is 11.9 Å². The van der Waals surface area contributed by atoms with Gasteiger partial charge >= 0.3 is 6.09 Å². The van der Waals surface area contributed by atoms with Crippen LogP contribution in [0.5, 0.6) is 5.75 Å². The molecule has 5 nitrogen and oxygen atoms in total. The lowest BCUT2D eigenvalue weighted by molar-refractivity contribution is -0.119. The fourth-order valence-electron chi connectivity index (χ4n) is 1.85. The first-order valence-corrected chi connectivity index (χ1v) is 8.53. The van der Waals surface area contributed by atoms with Crippen LogP contribution in [0.25, 0.3) is 0 Å². The number of carbonyl (C=O) groups excluding carboxylic acids is 2. The number of Topliss-reactive ketones (excluding diaryl/α,β-unsaturated/α-hetero) is 1. The fourth-order valence-corrected chi connectivity index (χ4v) is 2.02. The number of alkyl carbamates (subject to hydrolysis) is 1. The zero-order valence-corrected chi connectivity index (χ0v) is 14.6. The third-order valence-electron chi connectivity index (χ3n) is 3.12. The summed E-state index contributed by atoms with van der Waals surface area (Å²) in [6, 6.07) is 17.3. The number of ketones is 1. The molecule has 0 atom stereocenters. The zero-order valence-electron chi connectivity index (χ0n) is 13.0. The fraction of sp³-hybridized carbons (Fsp3) is 0.222. The van der Waals surface area contributed by atoms with Crippen LogP contribution in [0.4, 0.5) is 4.79 Å². The predicted octanol–water partition coefficient (Wildman–Crippen LogP) is 3.46. The molecule has 6 heteroatoms. The molecule has 2 aromatic carbocycles. The molecule has 126 valence electrons. The number of alkyl halides is 1. The molecule has 0 aliphatic carbocycles. The molecular weight excluding hydrogens is 374 g/mol. The largest absolute Gasteiger partial charge is 0.489 e. The Morgan fingerprint density at radius 1 is 0.958 bits per heavy atom. The van der Waals surface area contributed by atoms with Gasteiger partial charge in [0, 0.05) is 6.54 Å². The maximum atomic E-state index is 11.4. The molecule has 0 aromatic heterocycles. The Kier molecular flexibility index (Phi) is 7.29. The van der Waals surface area contributed by atoms with E-state index in [0.717, 1.165) is 16.9 Å². The quantitative estimate of drug-likeness (QED) is 0.699. The first-order valence-electron chi connectivity index (χ1n) is 7.41. The molecular formula is C18H18BrNO4. The lowest BCUT2D eigenvalue weighted by atomic mass is 10.2. The summed E-state index contributed by atoms with van der Waals surface area (Å²) in [5.74, 6) is 0.568. The van der Waals surface area contributed by atoms with Crippen molar-refractivity contribution in [2.45, 2.75) is 13.2 Å². The molecule has 0 spiro atoms. The normalized spacial score (nSPS) is 10.0.